The highest BCUT2D eigenvalue weighted by Crippen LogP contribution is 2.09. The summed E-state index contributed by atoms with van der Waals surface area (Å²) in [7, 11) is 0. The number of carbonyl (C=O) groups excluding carboxylic acids is 1. The molecule has 1 aromatic heterocycles. The van der Waals surface area contributed by atoms with Crippen LogP contribution >= 0.6 is 0 Å². The zero-order chi connectivity index (χ0) is 23.0. The molecule has 0 aliphatic rings. The van der Waals surface area contributed by atoms with Crippen molar-refractivity contribution in [2.24, 2.45) is 5.11 Å². The number of amides is 1. The van der Waals surface area contributed by atoms with Gasteiger partial charge in [-0.1, -0.05) is 5.11 Å². The van der Waals surface area contributed by atoms with Crippen LogP contribution in [-0.2, 0) is 9.47 Å². The van der Waals surface area contributed by atoms with Gasteiger partial charge in [0.05, 0.1) is 19.8 Å². The molecule has 1 aromatic rings. The maximum absolute atomic E-state index is 11.5. The number of hydrogen-bond donors (Lipinski definition) is 5. The predicted octanol–water partition coefficient (Wildman–Crippen LogP) is 1.34. The van der Waals surface area contributed by atoms with E-state index < -0.39 is 11.7 Å². The number of azide groups is 1. The molecule has 0 unspecified atom stereocenters. The zero-order valence-electron chi connectivity index (χ0n) is 18.2. The van der Waals surface area contributed by atoms with E-state index in [0.29, 0.717) is 70.2 Å². The number of ether oxygens (including phenoxy) is 2. The monoisotopic (exact) mass is 440 g/mol. The van der Waals surface area contributed by atoms with Crippen LogP contribution in [0.25, 0.3) is 10.4 Å². The molecular weight excluding hydrogens is 408 g/mol. The van der Waals surface area contributed by atoms with Gasteiger partial charge in [-0.2, -0.15) is 15.0 Å². The number of nitrogens with zero attached hydrogens (tertiary/aromatic N) is 6. The van der Waals surface area contributed by atoms with Gasteiger partial charge >= 0.3 is 6.09 Å². The molecule has 0 aromatic carbocycles. The Balaban J connectivity index is 2.38. The molecule has 1 heterocycles. The first-order chi connectivity index (χ1) is 14.8. The second-order valence-electron chi connectivity index (χ2n) is 7.16. The molecular formula is C17H32N10O4. The summed E-state index contributed by atoms with van der Waals surface area (Å²) in [4.78, 5) is 26.9. The highest BCUT2D eigenvalue weighted by molar-refractivity contribution is 5.67. The third-order valence-corrected chi connectivity index (χ3v) is 3.26. The molecule has 14 heteroatoms. The van der Waals surface area contributed by atoms with E-state index in [-0.39, 0.29) is 6.61 Å². The van der Waals surface area contributed by atoms with Crippen molar-refractivity contribution in [1.82, 2.24) is 20.3 Å². The third kappa shape index (κ3) is 13.7. The van der Waals surface area contributed by atoms with Gasteiger partial charge in [-0.25, -0.2) is 4.79 Å². The maximum Gasteiger partial charge on any atom is 0.407 e. The average Bonchev–Trinajstić information content (AvgIpc) is 2.70. The van der Waals surface area contributed by atoms with Crippen LogP contribution in [0.15, 0.2) is 5.11 Å². The molecule has 0 saturated carbocycles. The summed E-state index contributed by atoms with van der Waals surface area (Å²) >= 11 is 0. The Morgan fingerprint density at radius 3 is 2.19 bits per heavy atom. The van der Waals surface area contributed by atoms with Crippen molar-refractivity contribution in [3.63, 3.8) is 0 Å². The van der Waals surface area contributed by atoms with E-state index in [2.05, 4.69) is 46.2 Å². The van der Waals surface area contributed by atoms with Gasteiger partial charge in [0.25, 0.3) is 0 Å². The van der Waals surface area contributed by atoms with E-state index in [4.69, 9.17) is 20.1 Å². The molecule has 0 saturated heterocycles. The molecule has 31 heavy (non-hydrogen) atoms. The second kappa shape index (κ2) is 14.8. The van der Waals surface area contributed by atoms with Gasteiger partial charge < -0.3 is 35.8 Å². The van der Waals surface area contributed by atoms with Gasteiger partial charge in [-0.15, -0.1) is 0 Å². The summed E-state index contributed by atoms with van der Waals surface area (Å²) in [6, 6.07) is 0. The highest BCUT2D eigenvalue weighted by Gasteiger charge is 2.15. The molecule has 14 nitrogen and oxygen atoms in total. The van der Waals surface area contributed by atoms with Crippen LogP contribution in [0.5, 0.6) is 0 Å². The Kier molecular flexibility index (Phi) is 12.4. The summed E-state index contributed by atoms with van der Waals surface area (Å²) in [6.07, 6.45) is 0.144. The average molecular weight is 441 g/mol. The number of alkyl carbamates (subject to hydrolysis) is 1. The van der Waals surface area contributed by atoms with Gasteiger partial charge in [0.15, 0.2) is 0 Å². The van der Waals surface area contributed by atoms with Crippen molar-refractivity contribution in [2.45, 2.75) is 32.8 Å². The summed E-state index contributed by atoms with van der Waals surface area (Å²) < 4.78 is 10.6. The Labute approximate surface area is 181 Å². The lowest BCUT2D eigenvalue weighted by Gasteiger charge is -2.19. The highest BCUT2D eigenvalue weighted by atomic mass is 16.6. The lowest BCUT2D eigenvalue weighted by atomic mass is 10.2. The molecule has 1 rings (SSSR count). The van der Waals surface area contributed by atoms with Gasteiger partial charge in [0.1, 0.15) is 5.60 Å². The number of nitrogens with one attached hydrogen (secondary N) is 4. The molecule has 0 bridgehead atoms. The summed E-state index contributed by atoms with van der Waals surface area (Å²) in [5, 5.41) is 24.0. The van der Waals surface area contributed by atoms with Crippen molar-refractivity contribution < 1.29 is 19.4 Å². The van der Waals surface area contributed by atoms with Crippen LogP contribution in [0.1, 0.15) is 27.2 Å². The van der Waals surface area contributed by atoms with Crippen molar-refractivity contribution >= 4 is 23.9 Å². The van der Waals surface area contributed by atoms with E-state index in [0.717, 1.165) is 0 Å². The van der Waals surface area contributed by atoms with Crippen molar-refractivity contribution in [2.75, 3.05) is 68.5 Å². The van der Waals surface area contributed by atoms with Crippen LogP contribution in [-0.4, -0.2) is 84.3 Å². The molecule has 174 valence electrons. The third-order valence-electron chi connectivity index (χ3n) is 3.26. The molecule has 1 amide bonds. The number of hydrogen-bond acceptors (Lipinski definition) is 11. The Bertz CT molecular complexity index is 707. The molecule has 0 spiro atoms. The number of aliphatic hydroxyl groups is 1. The first-order valence-electron chi connectivity index (χ1n) is 9.98. The maximum atomic E-state index is 11.5. The van der Waals surface area contributed by atoms with Gasteiger partial charge in [-0.05, 0) is 32.7 Å². The molecule has 0 atom stereocenters. The molecule has 0 aliphatic carbocycles. The number of carbonyl (C=O) groups is 1. The van der Waals surface area contributed by atoms with Gasteiger partial charge in [0, 0.05) is 37.6 Å². The number of rotatable bonds is 15. The number of aromatic nitrogens is 3. The van der Waals surface area contributed by atoms with Crippen molar-refractivity contribution in [1.29, 1.82) is 0 Å². The van der Waals surface area contributed by atoms with E-state index in [1.54, 1.807) is 20.8 Å². The molecule has 0 aliphatic heterocycles. The Hall–Kier alpha value is -3.09. The second-order valence-corrected chi connectivity index (χ2v) is 7.16. The van der Waals surface area contributed by atoms with E-state index in [9.17, 15) is 4.79 Å². The quantitative estimate of drug-likeness (QED) is 0.115. The topological polar surface area (TPSA) is 191 Å². The molecule has 5 N–H and O–H groups in total. The SMILES string of the molecule is CC(C)(C)OC(=O)NCCOCCNc1nc(NCCO)nc(NCCCN=[N+]=[N-])n1. The number of aliphatic hydroxyl groups excluding tert-OH is 1. The summed E-state index contributed by atoms with van der Waals surface area (Å²) in [5.41, 5.74) is 7.75. The molecule has 0 radical (unpaired) electrons. The van der Waals surface area contributed by atoms with Crippen LogP contribution in [0.4, 0.5) is 22.6 Å². The molecule has 0 fully saturated rings. The lowest BCUT2D eigenvalue weighted by Crippen LogP contribution is -2.34. The van der Waals surface area contributed by atoms with Crippen molar-refractivity contribution in [3.05, 3.63) is 10.4 Å². The normalized spacial score (nSPS) is 10.7. The smallest absolute Gasteiger partial charge is 0.407 e. The van der Waals surface area contributed by atoms with Crippen LogP contribution < -0.4 is 21.3 Å². The minimum atomic E-state index is -0.539. The fraction of sp³-hybridized carbons (Fsp3) is 0.765. The first-order valence-corrected chi connectivity index (χ1v) is 9.98. The minimum absolute atomic E-state index is 0.0610. The predicted molar refractivity (Wildman–Crippen MR) is 116 cm³/mol. The standard InChI is InChI=1S/C17H32N10O4/c1-17(2,3)31-16(29)22-9-12-30-11-8-21-15-25-13(19-5-4-6-23-27-18)24-14(26-15)20-7-10-28/h28H,4-12H2,1-3H3,(H,22,29)(H3,19,20,21,24,25,26). The Morgan fingerprint density at radius 1 is 1.03 bits per heavy atom. The van der Waals surface area contributed by atoms with Gasteiger partial charge in [0.2, 0.25) is 17.8 Å². The van der Waals surface area contributed by atoms with E-state index >= 15 is 0 Å². The van der Waals surface area contributed by atoms with Crippen LogP contribution in [0.3, 0.4) is 0 Å². The summed E-state index contributed by atoms with van der Waals surface area (Å²) in [6.45, 7) is 8.00. The number of anilines is 3. The summed E-state index contributed by atoms with van der Waals surface area (Å²) in [5.74, 6) is 0.997. The van der Waals surface area contributed by atoms with E-state index in [1.807, 2.05) is 0 Å². The zero-order valence-corrected chi connectivity index (χ0v) is 18.2. The Morgan fingerprint density at radius 2 is 1.61 bits per heavy atom. The van der Waals surface area contributed by atoms with Crippen LogP contribution in [0, 0.1) is 0 Å². The largest absolute Gasteiger partial charge is 0.444 e. The fourth-order valence-electron chi connectivity index (χ4n) is 2.05. The van der Waals surface area contributed by atoms with Gasteiger partial charge in [-0.3, -0.25) is 0 Å². The fourth-order valence-corrected chi connectivity index (χ4v) is 2.05. The van der Waals surface area contributed by atoms with Crippen molar-refractivity contribution in [3.8, 4) is 0 Å². The van der Waals surface area contributed by atoms with Crippen LogP contribution in [0.2, 0.25) is 0 Å². The lowest BCUT2D eigenvalue weighted by molar-refractivity contribution is 0.0502. The first kappa shape index (κ1) is 25.9. The minimum Gasteiger partial charge on any atom is -0.444 e. The van der Waals surface area contributed by atoms with E-state index in [1.165, 1.54) is 0 Å².